The molecule has 7 heteroatoms. The summed E-state index contributed by atoms with van der Waals surface area (Å²) in [6.07, 6.45) is 0.766. The number of benzene rings is 2. The van der Waals surface area contributed by atoms with Gasteiger partial charge in [0, 0.05) is 17.5 Å². The maximum Gasteiger partial charge on any atom is 0.269 e. The standard InChI is InChI=1S/C17H18N2O5/c20-11-17(12-21,9-13-1-5-15(18-22)6-2-13)10-14-3-7-16(8-4-14)19(23)24/h1-8,20-21H,9-12H2. The lowest BCUT2D eigenvalue weighted by Gasteiger charge is -2.30. The van der Waals surface area contributed by atoms with Gasteiger partial charge < -0.3 is 10.2 Å². The summed E-state index contributed by atoms with van der Waals surface area (Å²) in [5.41, 5.74) is 1.15. The second-order valence-electron chi connectivity index (χ2n) is 5.85. The maximum atomic E-state index is 10.7. The van der Waals surface area contributed by atoms with Gasteiger partial charge in [-0.1, -0.05) is 24.3 Å². The van der Waals surface area contributed by atoms with E-state index in [0.717, 1.165) is 11.1 Å². The van der Waals surface area contributed by atoms with Crippen LogP contribution in [0.2, 0.25) is 0 Å². The topological polar surface area (TPSA) is 113 Å². The molecule has 0 bridgehead atoms. The van der Waals surface area contributed by atoms with Crippen LogP contribution in [0.15, 0.2) is 53.7 Å². The Morgan fingerprint density at radius 2 is 1.38 bits per heavy atom. The molecule has 0 spiro atoms. The van der Waals surface area contributed by atoms with Crippen molar-refractivity contribution in [1.82, 2.24) is 0 Å². The number of hydrogen-bond donors (Lipinski definition) is 2. The van der Waals surface area contributed by atoms with Gasteiger partial charge in [0.25, 0.3) is 5.69 Å². The highest BCUT2D eigenvalue weighted by Gasteiger charge is 2.29. The number of rotatable bonds is 8. The Labute approximate surface area is 138 Å². The summed E-state index contributed by atoms with van der Waals surface area (Å²) in [5.74, 6) is 0. The Morgan fingerprint density at radius 3 is 1.75 bits per heavy atom. The van der Waals surface area contributed by atoms with Crippen molar-refractivity contribution in [3.8, 4) is 0 Å². The molecule has 126 valence electrons. The molecular formula is C17H18N2O5. The summed E-state index contributed by atoms with van der Waals surface area (Å²) in [6.45, 7) is -0.484. The third-order valence-electron chi connectivity index (χ3n) is 4.02. The molecule has 0 heterocycles. The Morgan fingerprint density at radius 1 is 0.917 bits per heavy atom. The highest BCUT2D eigenvalue weighted by atomic mass is 16.6. The largest absolute Gasteiger partial charge is 0.396 e. The lowest BCUT2D eigenvalue weighted by atomic mass is 9.78. The molecule has 2 rings (SSSR count). The molecule has 2 aromatic carbocycles. The zero-order valence-corrected chi connectivity index (χ0v) is 13.0. The van der Waals surface area contributed by atoms with E-state index >= 15 is 0 Å². The van der Waals surface area contributed by atoms with Gasteiger partial charge in [-0.2, -0.15) is 0 Å². The zero-order valence-electron chi connectivity index (χ0n) is 13.0. The number of nitroso groups, excluding NO2 is 1. The van der Waals surface area contributed by atoms with Crippen LogP contribution in [0.5, 0.6) is 0 Å². The SMILES string of the molecule is O=Nc1ccc(CC(CO)(CO)Cc2ccc([N+](=O)[O-])cc2)cc1. The van der Waals surface area contributed by atoms with Crippen LogP contribution in [0.4, 0.5) is 11.4 Å². The van der Waals surface area contributed by atoms with Gasteiger partial charge in [0.1, 0.15) is 5.69 Å². The number of aliphatic hydroxyl groups is 2. The molecule has 0 radical (unpaired) electrons. The molecule has 0 aliphatic heterocycles. The molecule has 0 saturated heterocycles. The van der Waals surface area contributed by atoms with E-state index < -0.39 is 10.3 Å². The van der Waals surface area contributed by atoms with Crippen LogP contribution >= 0.6 is 0 Å². The van der Waals surface area contributed by atoms with Crippen LogP contribution in [0.3, 0.4) is 0 Å². The summed E-state index contributed by atoms with van der Waals surface area (Å²) in [4.78, 5) is 20.7. The summed E-state index contributed by atoms with van der Waals surface area (Å²) >= 11 is 0. The quantitative estimate of drug-likeness (QED) is 0.439. The maximum absolute atomic E-state index is 10.7. The van der Waals surface area contributed by atoms with E-state index in [1.165, 1.54) is 12.1 Å². The van der Waals surface area contributed by atoms with Crippen LogP contribution in [-0.4, -0.2) is 28.4 Å². The van der Waals surface area contributed by atoms with E-state index in [1.807, 2.05) is 0 Å². The van der Waals surface area contributed by atoms with Gasteiger partial charge in [-0.25, -0.2) is 0 Å². The third-order valence-corrected chi connectivity index (χ3v) is 4.02. The second-order valence-corrected chi connectivity index (χ2v) is 5.85. The molecule has 2 N–H and O–H groups in total. The molecule has 0 saturated carbocycles. The number of non-ortho nitro benzene ring substituents is 1. The average molecular weight is 330 g/mol. The lowest BCUT2D eigenvalue weighted by molar-refractivity contribution is -0.384. The summed E-state index contributed by atoms with van der Waals surface area (Å²) < 4.78 is 0. The second kappa shape index (κ2) is 7.76. The minimum Gasteiger partial charge on any atom is -0.396 e. The van der Waals surface area contributed by atoms with Crippen molar-refractivity contribution in [2.45, 2.75) is 12.8 Å². The van der Waals surface area contributed by atoms with E-state index in [2.05, 4.69) is 5.18 Å². The summed E-state index contributed by atoms with van der Waals surface area (Å²) in [5, 5.41) is 33.1. The highest BCUT2D eigenvalue weighted by Crippen LogP contribution is 2.29. The molecule has 0 amide bonds. The first-order valence-corrected chi connectivity index (χ1v) is 7.39. The van der Waals surface area contributed by atoms with E-state index in [9.17, 15) is 25.2 Å². The van der Waals surface area contributed by atoms with Gasteiger partial charge in [-0.3, -0.25) is 10.1 Å². The third kappa shape index (κ3) is 4.21. The molecule has 0 aromatic heterocycles. The van der Waals surface area contributed by atoms with Gasteiger partial charge in [0.15, 0.2) is 0 Å². The van der Waals surface area contributed by atoms with E-state index in [0.29, 0.717) is 18.5 Å². The molecule has 0 atom stereocenters. The van der Waals surface area contributed by atoms with Crippen LogP contribution in [0.25, 0.3) is 0 Å². The number of nitro benzene ring substituents is 1. The molecule has 24 heavy (non-hydrogen) atoms. The van der Waals surface area contributed by atoms with Gasteiger partial charge in [-0.05, 0) is 41.3 Å². The predicted octanol–water partition coefficient (Wildman–Crippen LogP) is 2.75. The normalized spacial score (nSPS) is 11.2. The summed E-state index contributed by atoms with van der Waals surface area (Å²) in [6, 6.07) is 12.7. The van der Waals surface area contributed by atoms with E-state index in [-0.39, 0.29) is 18.9 Å². The molecule has 2 aromatic rings. The summed E-state index contributed by atoms with van der Waals surface area (Å²) in [7, 11) is 0. The van der Waals surface area contributed by atoms with Crippen molar-refractivity contribution in [2.75, 3.05) is 13.2 Å². The Kier molecular flexibility index (Phi) is 5.73. The Balaban J connectivity index is 2.19. The fraction of sp³-hybridized carbons (Fsp3) is 0.294. The smallest absolute Gasteiger partial charge is 0.269 e. The molecule has 7 nitrogen and oxygen atoms in total. The van der Waals surface area contributed by atoms with Gasteiger partial charge in [0.2, 0.25) is 0 Å². The number of aliphatic hydroxyl groups excluding tert-OH is 2. The first kappa shape index (κ1) is 17.7. The predicted molar refractivity (Wildman–Crippen MR) is 89.0 cm³/mol. The lowest BCUT2D eigenvalue weighted by Crippen LogP contribution is -2.34. The van der Waals surface area contributed by atoms with Crippen molar-refractivity contribution in [2.24, 2.45) is 10.6 Å². The molecule has 0 aliphatic rings. The highest BCUT2D eigenvalue weighted by molar-refractivity contribution is 5.39. The Bertz CT molecular complexity index is 694. The fourth-order valence-electron chi connectivity index (χ4n) is 2.61. The first-order valence-electron chi connectivity index (χ1n) is 7.39. The molecule has 0 fully saturated rings. The van der Waals surface area contributed by atoms with Crippen molar-refractivity contribution in [1.29, 1.82) is 0 Å². The van der Waals surface area contributed by atoms with E-state index in [1.54, 1.807) is 36.4 Å². The molecule has 0 aliphatic carbocycles. The average Bonchev–Trinajstić information content (AvgIpc) is 2.62. The van der Waals surface area contributed by atoms with Crippen molar-refractivity contribution < 1.29 is 15.1 Å². The van der Waals surface area contributed by atoms with Gasteiger partial charge >= 0.3 is 0 Å². The Hall–Kier alpha value is -2.64. The minimum absolute atomic E-state index is 0.00528. The van der Waals surface area contributed by atoms with Gasteiger partial charge in [-0.15, -0.1) is 4.91 Å². The zero-order chi connectivity index (χ0) is 17.6. The van der Waals surface area contributed by atoms with Crippen molar-refractivity contribution >= 4 is 11.4 Å². The molecular weight excluding hydrogens is 312 g/mol. The van der Waals surface area contributed by atoms with E-state index in [4.69, 9.17) is 0 Å². The van der Waals surface area contributed by atoms with Crippen LogP contribution in [0, 0.1) is 20.4 Å². The fourth-order valence-corrected chi connectivity index (χ4v) is 2.61. The van der Waals surface area contributed by atoms with Crippen molar-refractivity contribution in [3.05, 3.63) is 74.7 Å². The van der Waals surface area contributed by atoms with Crippen molar-refractivity contribution in [3.63, 3.8) is 0 Å². The van der Waals surface area contributed by atoms with Crippen LogP contribution in [-0.2, 0) is 12.8 Å². The number of nitro groups is 1. The van der Waals surface area contributed by atoms with Crippen LogP contribution < -0.4 is 0 Å². The first-order chi connectivity index (χ1) is 11.5. The van der Waals surface area contributed by atoms with Gasteiger partial charge in [0.05, 0.1) is 18.1 Å². The van der Waals surface area contributed by atoms with Crippen LogP contribution in [0.1, 0.15) is 11.1 Å². The number of nitrogens with zero attached hydrogens (tertiary/aromatic N) is 2. The monoisotopic (exact) mass is 330 g/mol. The molecule has 0 unspecified atom stereocenters. The minimum atomic E-state index is -0.799. The number of hydrogen-bond acceptors (Lipinski definition) is 6.